The molecule has 0 saturated carbocycles. The molecule has 0 amide bonds. The number of aromatic nitrogens is 3. The molecule has 0 atom stereocenters. The smallest absolute Gasteiger partial charge is 0.191 e. The van der Waals surface area contributed by atoms with Crippen LogP contribution in [0.1, 0.15) is 16.2 Å². The first-order valence-electron chi connectivity index (χ1n) is 6.99. The summed E-state index contributed by atoms with van der Waals surface area (Å²) in [4.78, 5) is 12.4. The molecule has 0 aliphatic rings. The Kier molecular flexibility index (Phi) is 5.81. The quantitative estimate of drug-likeness (QED) is 0.420. The number of ether oxygens (including phenoxy) is 2. The van der Waals surface area contributed by atoms with Crippen LogP contribution in [-0.4, -0.2) is 40.5 Å². The second-order valence-corrected chi connectivity index (χ2v) is 5.65. The number of aryl methyl sites for hydroxylation is 1. The zero-order valence-corrected chi connectivity index (χ0v) is 14.2. The molecule has 0 fully saturated rings. The highest BCUT2D eigenvalue weighted by Gasteiger charge is 2.14. The van der Waals surface area contributed by atoms with E-state index in [2.05, 4.69) is 16.8 Å². The number of methoxy groups -OCH3 is 2. The van der Waals surface area contributed by atoms with Crippen molar-refractivity contribution in [1.29, 1.82) is 0 Å². The molecule has 1 heterocycles. The second-order valence-electron chi connectivity index (χ2n) is 4.71. The SMILES string of the molecule is C=CCn1c(C)nnc1SCC(=O)c1ccc(OC)c(OC)c1. The molecule has 0 aliphatic carbocycles. The molecule has 7 heteroatoms. The molecule has 2 aromatic rings. The normalized spacial score (nSPS) is 10.4. The number of allylic oxidation sites excluding steroid dienone is 1. The molecular formula is C16H19N3O3S. The van der Waals surface area contributed by atoms with Gasteiger partial charge in [-0.1, -0.05) is 17.8 Å². The number of Topliss-reactive ketones (excluding diaryl/α,β-unsaturated/α-hetero) is 1. The lowest BCUT2D eigenvalue weighted by Crippen LogP contribution is -2.06. The van der Waals surface area contributed by atoms with Gasteiger partial charge in [0.2, 0.25) is 0 Å². The van der Waals surface area contributed by atoms with Crippen molar-refractivity contribution in [2.24, 2.45) is 0 Å². The van der Waals surface area contributed by atoms with Gasteiger partial charge in [0.1, 0.15) is 5.82 Å². The fourth-order valence-corrected chi connectivity index (χ4v) is 2.92. The first kappa shape index (κ1) is 17.1. The van der Waals surface area contributed by atoms with Gasteiger partial charge < -0.3 is 14.0 Å². The predicted octanol–water partition coefficient (Wildman–Crippen LogP) is 2.76. The summed E-state index contributed by atoms with van der Waals surface area (Å²) in [7, 11) is 3.10. The third-order valence-corrected chi connectivity index (χ3v) is 4.22. The van der Waals surface area contributed by atoms with Crippen molar-refractivity contribution < 1.29 is 14.3 Å². The average molecular weight is 333 g/mol. The topological polar surface area (TPSA) is 66.2 Å². The predicted molar refractivity (Wildman–Crippen MR) is 89.6 cm³/mol. The maximum atomic E-state index is 12.4. The number of hydrogen-bond acceptors (Lipinski definition) is 6. The van der Waals surface area contributed by atoms with Crippen LogP contribution in [0.5, 0.6) is 11.5 Å². The van der Waals surface area contributed by atoms with Crippen molar-refractivity contribution in [3.63, 3.8) is 0 Å². The minimum atomic E-state index is -0.0123. The first-order chi connectivity index (χ1) is 11.1. The summed E-state index contributed by atoms with van der Waals surface area (Å²) < 4.78 is 12.3. The van der Waals surface area contributed by atoms with Crippen LogP contribution in [-0.2, 0) is 6.54 Å². The lowest BCUT2D eigenvalue weighted by Gasteiger charge is -2.09. The van der Waals surface area contributed by atoms with E-state index >= 15 is 0 Å². The van der Waals surface area contributed by atoms with Crippen LogP contribution in [0.2, 0.25) is 0 Å². The van der Waals surface area contributed by atoms with E-state index < -0.39 is 0 Å². The number of thioether (sulfide) groups is 1. The van der Waals surface area contributed by atoms with E-state index in [4.69, 9.17) is 9.47 Å². The van der Waals surface area contributed by atoms with Gasteiger partial charge in [-0.25, -0.2) is 0 Å². The van der Waals surface area contributed by atoms with Crippen molar-refractivity contribution in [1.82, 2.24) is 14.8 Å². The number of benzene rings is 1. The third kappa shape index (κ3) is 3.92. The Morgan fingerprint density at radius 1 is 1.30 bits per heavy atom. The molecule has 1 aromatic heterocycles. The molecule has 122 valence electrons. The van der Waals surface area contributed by atoms with E-state index in [1.165, 1.54) is 11.8 Å². The molecule has 0 N–H and O–H groups in total. The molecule has 0 unspecified atom stereocenters. The highest BCUT2D eigenvalue weighted by Crippen LogP contribution is 2.28. The highest BCUT2D eigenvalue weighted by molar-refractivity contribution is 7.99. The Balaban J connectivity index is 2.09. The van der Waals surface area contributed by atoms with E-state index in [-0.39, 0.29) is 11.5 Å². The van der Waals surface area contributed by atoms with Gasteiger partial charge >= 0.3 is 0 Å². The number of rotatable bonds is 8. The van der Waals surface area contributed by atoms with Gasteiger partial charge in [-0.2, -0.15) is 0 Å². The zero-order chi connectivity index (χ0) is 16.8. The Morgan fingerprint density at radius 2 is 2.04 bits per heavy atom. The number of carbonyl (C=O) groups is 1. The summed E-state index contributed by atoms with van der Waals surface area (Å²) in [6.07, 6.45) is 1.77. The monoisotopic (exact) mass is 333 g/mol. The van der Waals surface area contributed by atoms with Crippen LogP contribution in [0.4, 0.5) is 0 Å². The molecule has 0 bridgehead atoms. The van der Waals surface area contributed by atoms with E-state index in [1.807, 2.05) is 11.5 Å². The molecule has 6 nitrogen and oxygen atoms in total. The van der Waals surface area contributed by atoms with Crippen LogP contribution in [0.25, 0.3) is 0 Å². The Bertz CT molecular complexity index is 713. The van der Waals surface area contributed by atoms with Crippen molar-refractivity contribution >= 4 is 17.5 Å². The molecule has 0 spiro atoms. The largest absolute Gasteiger partial charge is 0.493 e. The maximum Gasteiger partial charge on any atom is 0.191 e. The maximum absolute atomic E-state index is 12.4. The van der Waals surface area contributed by atoms with Gasteiger partial charge in [0, 0.05) is 12.1 Å². The highest BCUT2D eigenvalue weighted by atomic mass is 32.2. The van der Waals surface area contributed by atoms with Gasteiger partial charge in [-0.05, 0) is 25.1 Å². The summed E-state index contributed by atoms with van der Waals surface area (Å²) in [5, 5.41) is 8.83. The third-order valence-electron chi connectivity index (χ3n) is 3.25. The van der Waals surface area contributed by atoms with Crippen LogP contribution >= 0.6 is 11.8 Å². The van der Waals surface area contributed by atoms with E-state index in [9.17, 15) is 4.79 Å². The molecule has 0 saturated heterocycles. The van der Waals surface area contributed by atoms with Gasteiger partial charge in [-0.15, -0.1) is 16.8 Å². The molecular weight excluding hydrogens is 314 g/mol. The second kappa shape index (κ2) is 7.82. The van der Waals surface area contributed by atoms with Gasteiger partial charge in [0.05, 0.1) is 20.0 Å². The van der Waals surface area contributed by atoms with Gasteiger partial charge in [0.25, 0.3) is 0 Å². The molecule has 0 aliphatic heterocycles. The summed E-state index contributed by atoms with van der Waals surface area (Å²) >= 11 is 1.35. The molecule has 2 rings (SSSR count). The van der Waals surface area contributed by atoms with Crippen LogP contribution in [0.15, 0.2) is 36.0 Å². The molecule has 1 aromatic carbocycles. The summed E-state index contributed by atoms with van der Waals surface area (Å²) in [5.41, 5.74) is 0.571. The van der Waals surface area contributed by atoms with Crippen LogP contribution in [0.3, 0.4) is 0 Å². The lowest BCUT2D eigenvalue weighted by molar-refractivity contribution is 0.102. The number of nitrogens with zero attached hydrogens (tertiary/aromatic N) is 3. The molecule has 0 radical (unpaired) electrons. The lowest BCUT2D eigenvalue weighted by atomic mass is 10.1. The molecule has 23 heavy (non-hydrogen) atoms. The van der Waals surface area contributed by atoms with Crippen LogP contribution < -0.4 is 9.47 Å². The fraction of sp³-hybridized carbons (Fsp3) is 0.312. The number of carbonyl (C=O) groups excluding carboxylic acids is 1. The zero-order valence-electron chi connectivity index (χ0n) is 13.4. The van der Waals surface area contributed by atoms with E-state index in [1.54, 1.807) is 38.5 Å². The Hall–Kier alpha value is -2.28. The Labute approximate surface area is 139 Å². The van der Waals surface area contributed by atoms with Crippen molar-refractivity contribution in [2.45, 2.75) is 18.6 Å². The minimum Gasteiger partial charge on any atom is -0.493 e. The summed E-state index contributed by atoms with van der Waals surface area (Å²) in [6, 6.07) is 5.13. The first-order valence-corrected chi connectivity index (χ1v) is 7.98. The number of hydrogen-bond donors (Lipinski definition) is 0. The Morgan fingerprint density at radius 3 is 2.70 bits per heavy atom. The van der Waals surface area contributed by atoms with E-state index in [0.717, 1.165) is 5.82 Å². The van der Waals surface area contributed by atoms with Crippen molar-refractivity contribution in [3.05, 3.63) is 42.2 Å². The fourth-order valence-electron chi connectivity index (χ4n) is 2.03. The standard InChI is InChI=1S/C16H19N3O3S/c1-5-8-19-11(2)17-18-16(19)23-10-13(20)12-6-7-14(21-3)15(9-12)22-4/h5-7,9H,1,8,10H2,2-4H3. The average Bonchev–Trinajstić information content (AvgIpc) is 2.92. The summed E-state index contributed by atoms with van der Waals surface area (Å²) in [6.45, 7) is 6.21. The van der Waals surface area contributed by atoms with Gasteiger partial charge in [-0.3, -0.25) is 4.79 Å². The van der Waals surface area contributed by atoms with Crippen molar-refractivity contribution in [2.75, 3.05) is 20.0 Å². The van der Waals surface area contributed by atoms with Crippen LogP contribution in [0, 0.1) is 6.92 Å². The van der Waals surface area contributed by atoms with Crippen molar-refractivity contribution in [3.8, 4) is 11.5 Å². The summed E-state index contributed by atoms with van der Waals surface area (Å²) in [5.74, 6) is 2.19. The van der Waals surface area contributed by atoms with E-state index in [0.29, 0.717) is 28.8 Å². The number of ketones is 1. The van der Waals surface area contributed by atoms with Gasteiger partial charge in [0.15, 0.2) is 22.4 Å². The minimum absolute atomic E-state index is 0.0123.